The second-order valence-corrected chi connectivity index (χ2v) is 10.5. The van der Waals surface area contributed by atoms with E-state index < -0.39 is 17.6 Å². The van der Waals surface area contributed by atoms with E-state index in [0.717, 1.165) is 38.1 Å². The number of β-amino-alcohol motifs (C(OH)–C–C–N with tert-alkyl or cyclic N) is 1. The zero-order chi connectivity index (χ0) is 25.0. The van der Waals surface area contributed by atoms with Crippen LogP contribution >= 0.6 is 0 Å². The number of carbonyl (C=O) groups is 1. The number of nitrogens with zero attached hydrogens (tertiary/aromatic N) is 2. The van der Waals surface area contributed by atoms with E-state index in [0.29, 0.717) is 55.3 Å². The smallest absolute Gasteiger partial charge is 0.254 e. The molecular weight excluding hydrogens is 450 g/mol. The Morgan fingerprint density at radius 1 is 1.09 bits per heavy atom. The van der Waals surface area contributed by atoms with Crippen LogP contribution in [0.4, 0.5) is 8.78 Å². The molecule has 190 valence electrons. The second kappa shape index (κ2) is 11.0. The number of rotatable bonds is 7. The zero-order valence-electron chi connectivity index (χ0n) is 20.7. The van der Waals surface area contributed by atoms with Crippen LogP contribution in [0.25, 0.3) is 11.1 Å². The van der Waals surface area contributed by atoms with Crippen molar-refractivity contribution in [3.63, 3.8) is 0 Å². The van der Waals surface area contributed by atoms with E-state index in [9.17, 15) is 18.7 Å². The van der Waals surface area contributed by atoms with Gasteiger partial charge >= 0.3 is 0 Å². The highest BCUT2D eigenvalue weighted by Crippen LogP contribution is 2.28. The Morgan fingerprint density at radius 3 is 2.43 bits per heavy atom. The maximum Gasteiger partial charge on any atom is 0.254 e. The van der Waals surface area contributed by atoms with Gasteiger partial charge in [-0.05, 0) is 88.4 Å². The highest BCUT2D eigenvalue weighted by atomic mass is 19.1. The molecule has 0 spiro atoms. The minimum atomic E-state index is -1.17. The fourth-order valence-corrected chi connectivity index (χ4v) is 4.99. The van der Waals surface area contributed by atoms with Gasteiger partial charge in [-0.25, -0.2) is 8.78 Å². The Bertz CT molecular complexity index is 998. The normalized spacial score (nSPS) is 20.1. The van der Waals surface area contributed by atoms with E-state index in [1.54, 1.807) is 30.9 Å². The van der Waals surface area contributed by atoms with Gasteiger partial charge in [0, 0.05) is 30.8 Å². The van der Waals surface area contributed by atoms with Crippen molar-refractivity contribution in [2.45, 2.75) is 51.3 Å². The maximum absolute atomic E-state index is 14.9. The lowest BCUT2D eigenvalue weighted by Crippen LogP contribution is -2.42. The summed E-state index contributed by atoms with van der Waals surface area (Å²) in [5, 5.41) is 9.81. The van der Waals surface area contributed by atoms with Crippen LogP contribution in [0.15, 0.2) is 42.5 Å². The molecule has 0 unspecified atom stereocenters. The fraction of sp³-hybridized carbons (Fsp3) is 0.536. The molecule has 4 rings (SSSR count). The number of hydrogen-bond acceptors (Lipinski definition) is 4. The van der Waals surface area contributed by atoms with Crippen LogP contribution in [0.3, 0.4) is 0 Å². The van der Waals surface area contributed by atoms with Gasteiger partial charge in [0.25, 0.3) is 5.91 Å². The summed E-state index contributed by atoms with van der Waals surface area (Å²) in [7, 11) is 0. The number of carbonyl (C=O) groups excluding carboxylic acids is 1. The van der Waals surface area contributed by atoms with Crippen molar-refractivity contribution in [2.75, 3.05) is 39.3 Å². The summed E-state index contributed by atoms with van der Waals surface area (Å²) in [4.78, 5) is 16.4. The second-order valence-electron chi connectivity index (χ2n) is 10.5. The first kappa shape index (κ1) is 25.6. The van der Waals surface area contributed by atoms with Gasteiger partial charge in [-0.15, -0.1) is 0 Å². The third-order valence-electron chi connectivity index (χ3n) is 6.86. The molecule has 2 aliphatic heterocycles. The molecule has 2 aromatic rings. The number of alkyl halides is 1. The molecule has 0 radical (unpaired) electrons. The van der Waals surface area contributed by atoms with Gasteiger partial charge in [0.05, 0.1) is 12.7 Å². The first-order chi connectivity index (χ1) is 16.7. The van der Waals surface area contributed by atoms with Gasteiger partial charge in [0.2, 0.25) is 0 Å². The van der Waals surface area contributed by atoms with Crippen LogP contribution in [-0.2, 0) is 0 Å². The van der Waals surface area contributed by atoms with Crippen LogP contribution in [-0.4, -0.2) is 71.9 Å². The van der Waals surface area contributed by atoms with Crippen molar-refractivity contribution in [3.05, 3.63) is 53.8 Å². The van der Waals surface area contributed by atoms with E-state index in [1.807, 2.05) is 24.3 Å². The lowest BCUT2D eigenvalue weighted by atomic mass is 9.97. The van der Waals surface area contributed by atoms with Crippen LogP contribution < -0.4 is 4.74 Å². The molecule has 2 saturated heterocycles. The number of halogens is 2. The number of ether oxygens (including phenoxy) is 1. The number of aliphatic hydroxyl groups excluding tert-OH is 1. The number of hydrogen-bond donors (Lipinski definition) is 1. The van der Waals surface area contributed by atoms with E-state index in [-0.39, 0.29) is 5.91 Å². The molecule has 35 heavy (non-hydrogen) atoms. The quantitative estimate of drug-likeness (QED) is 0.603. The molecule has 2 aromatic carbocycles. The van der Waals surface area contributed by atoms with Crippen LogP contribution in [0.5, 0.6) is 5.75 Å². The van der Waals surface area contributed by atoms with Crippen molar-refractivity contribution >= 4 is 5.91 Å². The number of benzene rings is 2. The van der Waals surface area contributed by atoms with E-state index >= 15 is 0 Å². The fourth-order valence-electron chi connectivity index (χ4n) is 4.99. The third-order valence-corrected chi connectivity index (χ3v) is 6.86. The van der Waals surface area contributed by atoms with Crippen molar-refractivity contribution in [3.8, 4) is 16.9 Å². The minimum absolute atomic E-state index is 0.253. The Hall–Kier alpha value is -2.51. The summed E-state index contributed by atoms with van der Waals surface area (Å²) < 4.78 is 34.7. The zero-order valence-corrected chi connectivity index (χ0v) is 20.7. The predicted molar refractivity (Wildman–Crippen MR) is 133 cm³/mol. The van der Waals surface area contributed by atoms with Gasteiger partial charge in [-0.1, -0.05) is 18.2 Å². The molecule has 1 N–H and O–H groups in total. The average Bonchev–Trinajstić information content (AvgIpc) is 2.82. The average molecular weight is 487 g/mol. The molecule has 1 amide bonds. The Labute approximate surface area is 206 Å². The molecule has 2 aliphatic rings. The van der Waals surface area contributed by atoms with Gasteiger partial charge in [0.1, 0.15) is 17.2 Å². The van der Waals surface area contributed by atoms with Crippen LogP contribution in [0.1, 0.15) is 49.9 Å². The highest BCUT2D eigenvalue weighted by molar-refractivity contribution is 5.95. The Morgan fingerprint density at radius 2 is 1.80 bits per heavy atom. The van der Waals surface area contributed by atoms with Gasteiger partial charge in [0.15, 0.2) is 0 Å². The number of piperidine rings is 2. The van der Waals surface area contributed by atoms with Gasteiger partial charge in [-0.3, -0.25) is 4.79 Å². The Balaban J connectivity index is 1.30. The van der Waals surface area contributed by atoms with E-state index in [2.05, 4.69) is 4.90 Å². The van der Waals surface area contributed by atoms with Crippen molar-refractivity contribution in [1.82, 2.24) is 9.80 Å². The Kier molecular flexibility index (Phi) is 8.07. The molecule has 1 atom stereocenters. The molecule has 0 aromatic heterocycles. The molecular formula is C28H36F2N2O3. The van der Waals surface area contributed by atoms with Crippen molar-refractivity contribution in [1.29, 1.82) is 0 Å². The molecule has 5 nitrogen and oxygen atoms in total. The number of aliphatic hydroxyl groups is 1. The van der Waals surface area contributed by atoms with Crippen LogP contribution in [0.2, 0.25) is 0 Å². The van der Waals surface area contributed by atoms with Gasteiger partial charge in [-0.2, -0.15) is 0 Å². The summed E-state index contributed by atoms with van der Waals surface area (Å²) in [6.07, 6.45) is 2.90. The van der Waals surface area contributed by atoms with Crippen molar-refractivity contribution in [2.24, 2.45) is 5.92 Å². The van der Waals surface area contributed by atoms with Crippen LogP contribution in [0, 0.1) is 11.7 Å². The largest absolute Gasteiger partial charge is 0.493 e. The molecule has 0 bridgehead atoms. The standard InChI is InChI=1S/C28H36F2N2O3/c1-28(2,30)19-31-14-11-20(12-15-31)18-35-24-8-5-21(6-9-24)25-10-7-22(16-26(25)29)27(34)32-13-3-4-23(33)17-32/h5-10,16,20,23,33H,3-4,11-15,17-19H2,1-2H3/t23-/m0/s1. The summed E-state index contributed by atoms with van der Waals surface area (Å²) >= 11 is 0. The SMILES string of the molecule is CC(C)(F)CN1CCC(COc2ccc(-c3ccc(C(=O)N4CCC[C@H](O)C4)cc3F)cc2)CC1. The van der Waals surface area contributed by atoms with E-state index in [1.165, 1.54) is 6.07 Å². The summed E-state index contributed by atoms with van der Waals surface area (Å²) in [6, 6.07) is 11.9. The lowest BCUT2D eigenvalue weighted by molar-refractivity contribution is 0.0473. The molecule has 0 aliphatic carbocycles. The molecule has 2 heterocycles. The topological polar surface area (TPSA) is 53.0 Å². The predicted octanol–water partition coefficient (Wildman–Crippen LogP) is 4.93. The first-order valence-electron chi connectivity index (χ1n) is 12.6. The minimum Gasteiger partial charge on any atom is -0.493 e. The van der Waals surface area contributed by atoms with Gasteiger partial charge < -0.3 is 19.6 Å². The number of amides is 1. The summed E-state index contributed by atoms with van der Waals surface area (Å²) in [6.45, 7) is 6.96. The summed E-state index contributed by atoms with van der Waals surface area (Å²) in [5.41, 5.74) is 0.262. The van der Waals surface area contributed by atoms with E-state index in [4.69, 9.17) is 4.74 Å². The monoisotopic (exact) mass is 486 g/mol. The third kappa shape index (κ3) is 7.01. The highest BCUT2D eigenvalue weighted by Gasteiger charge is 2.26. The molecule has 0 saturated carbocycles. The number of likely N-dealkylation sites (tertiary alicyclic amines) is 2. The molecule has 7 heteroatoms. The first-order valence-corrected chi connectivity index (χ1v) is 12.6. The molecule has 2 fully saturated rings. The maximum atomic E-state index is 14.9. The lowest BCUT2D eigenvalue weighted by Gasteiger charge is -2.34. The van der Waals surface area contributed by atoms with Crippen molar-refractivity contribution < 1.29 is 23.4 Å². The summed E-state index contributed by atoms with van der Waals surface area (Å²) in [5.74, 6) is 0.469.